The third kappa shape index (κ3) is 4.19. The first-order valence-electron chi connectivity index (χ1n) is 6.99. The number of benzene rings is 1. The quantitative estimate of drug-likeness (QED) is 0.894. The van der Waals surface area contributed by atoms with Gasteiger partial charge in [0.05, 0.1) is 6.04 Å². The highest BCUT2D eigenvalue weighted by atomic mass is 35.5. The van der Waals surface area contributed by atoms with Crippen LogP contribution < -0.4 is 10.2 Å². The molecule has 0 radical (unpaired) electrons. The molecule has 1 aromatic rings. The largest absolute Gasteiger partial charge is 0.480 e. The van der Waals surface area contributed by atoms with Crippen LogP contribution in [0.25, 0.3) is 0 Å². The first-order valence-corrected chi connectivity index (χ1v) is 7.37. The zero-order valence-corrected chi connectivity index (χ0v) is 12.6. The third-order valence-electron chi connectivity index (χ3n) is 3.64. The van der Waals surface area contributed by atoms with Crippen LogP contribution in [0.3, 0.4) is 0 Å². The van der Waals surface area contributed by atoms with Crippen molar-refractivity contribution in [3.05, 3.63) is 29.3 Å². The highest BCUT2D eigenvalue weighted by Gasteiger charge is 2.30. The SMILES string of the molecule is CC1CCNC(C(=O)N(CC(=O)O)c2cccc(Cl)c2)C1. The van der Waals surface area contributed by atoms with Crippen molar-refractivity contribution in [1.82, 2.24) is 5.32 Å². The van der Waals surface area contributed by atoms with Crippen molar-refractivity contribution >= 4 is 29.2 Å². The summed E-state index contributed by atoms with van der Waals surface area (Å²) in [6.07, 6.45) is 1.75. The van der Waals surface area contributed by atoms with Crippen LogP contribution in [0.15, 0.2) is 24.3 Å². The van der Waals surface area contributed by atoms with E-state index in [0.29, 0.717) is 16.6 Å². The Hall–Kier alpha value is -1.59. The predicted octanol–water partition coefficient (Wildman–Crippen LogP) is 2.15. The van der Waals surface area contributed by atoms with Gasteiger partial charge in [0.15, 0.2) is 0 Å². The molecule has 0 aliphatic carbocycles. The summed E-state index contributed by atoms with van der Waals surface area (Å²) in [5, 5.41) is 12.7. The van der Waals surface area contributed by atoms with Crippen LogP contribution in [0.1, 0.15) is 19.8 Å². The third-order valence-corrected chi connectivity index (χ3v) is 3.88. The molecule has 1 saturated heterocycles. The minimum atomic E-state index is -1.05. The molecule has 2 unspecified atom stereocenters. The molecule has 1 aliphatic rings. The highest BCUT2D eigenvalue weighted by Crippen LogP contribution is 2.23. The molecule has 0 spiro atoms. The van der Waals surface area contributed by atoms with Crippen LogP contribution in [0.4, 0.5) is 5.69 Å². The molecule has 114 valence electrons. The summed E-state index contributed by atoms with van der Waals surface area (Å²) in [4.78, 5) is 25.0. The molecule has 0 bridgehead atoms. The Labute approximate surface area is 128 Å². The number of halogens is 1. The van der Waals surface area contributed by atoms with Crippen LogP contribution in [0.2, 0.25) is 5.02 Å². The van der Waals surface area contributed by atoms with Crippen molar-refractivity contribution < 1.29 is 14.7 Å². The van der Waals surface area contributed by atoms with Crippen molar-refractivity contribution in [1.29, 1.82) is 0 Å². The molecule has 6 heteroatoms. The van der Waals surface area contributed by atoms with Crippen molar-refractivity contribution in [2.45, 2.75) is 25.8 Å². The maximum absolute atomic E-state index is 12.6. The highest BCUT2D eigenvalue weighted by molar-refractivity contribution is 6.31. The average molecular weight is 311 g/mol. The number of hydrogen-bond acceptors (Lipinski definition) is 3. The van der Waals surface area contributed by atoms with E-state index in [2.05, 4.69) is 12.2 Å². The van der Waals surface area contributed by atoms with Gasteiger partial charge >= 0.3 is 5.97 Å². The summed E-state index contributed by atoms with van der Waals surface area (Å²) in [6.45, 7) is 2.50. The van der Waals surface area contributed by atoms with Crippen molar-refractivity contribution in [2.24, 2.45) is 5.92 Å². The molecule has 0 saturated carbocycles. The Morgan fingerprint density at radius 2 is 2.24 bits per heavy atom. The number of piperidine rings is 1. The molecule has 1 heterocycles. The Kier molecular flexibility index (Phi) is 5.20. The second-order valence-corrected chi connectivity index (χ2v) is 5.87. The normalized spacial score (nSPS) is 21.8. The van der Waals surface area contributed by atoms with Gasteiger partial charge in [-0.25, -0.2) is 0 Å². The summed E-state index contributed by atoms with van der Waals surface area (Å²) < 4.78 is 0. The Bertz CT molecular complexity index is 535. The van der Waals surface area contributed by atoms with Gasteiger partial charge in [-0.15, -0.1) is 0 Å². The lowest BCUT2D eigenvalue weighted by atomic mass is 9.93. The first-order chi connectivity index (χ1) is 9.97. The molecule has 0 aromatic heterocycles. The number of nitrogens with zero attached hydrogens (tertiary/aromatic N) is 1. The van der Waals surface area contributed by atoms with Crippen molar-refractivity contribution in [3.8, 4) is 0 Å². The standard InChI is InChI=1S/C15H19ClN2O3/c1-10-5-6-17-13(7-10)15(21)18(9-14(19)20)12-4-2-3-11(16)8-12/h2-4,8,10,13,17H,5-7,9H2,1H3,(H,19,20). The molecule has 2 atom stereocenters. The number of carboxylic acids is 1. The van der Waals surface area contributed by atoms with E-state index < -0.39 is 5.97 Å². The first kappa shape index (κ1) is 15.8. The topological polar surface area (TPSA) is 69.6 Å². The Morgan fingerprint density at radius 1 is 1.48 bits per heavy atom. The van der Waals surface area contributed by atoms with Crippen LogP contribution in [0.5, 0.6) is 0 Å². The van der Waals surface area contributed by atoms with Crippen molar-refractivity contribution in [2.75, 3.05) is 18.0 Å². The van der Waals surface area contributed by atoms with Crippen molar-refractivity contribution in [3.63, 3.8) is 0 Å². The molecular formula is C15H19ClN2O3. The van der Waals surface area contributed by atoms with Gasteiger partial charge in [-0.05, 0) is 43.5 Å². The molecule has 1 fully saturated rings. The lowest BCUT2D eigenvalue weighted by Gasteiger charge is -2.31. The van der Waals surface area contributed by atoms with E-state index in [1.165, 1.54) is 4.90 Å². The van der Waals surface area contributed by atoms with Gasteiger partial charge in [-0.1, -0.05) is 24.6 Å². The fourth-order valence-corrected chi connectivity index (χ4v) is 2.74. The van der Waals surface area contributed by atoms with Gasteiger partial charge < -0.3 is 10.4 Å². The van der Waals surface area contributed by atoms with E-state index >= 15 is 0 Å². The number of carbonyl (C=O) groups is 2. The minimum Gasteiger partial charge on any atom is -0.480 e. The number of rotatable bonds is 4. The summed E-state index contributed by atoms with van der Waals surface area (Å²) in [7, 11) is 0. The van der Waals surface area contributed by atoms with E-state index in [4.69, 9.17) is 16.7 Å². The number of aliphatic carboxylic acids is 1. The van der Waals surface area contributed by atoms with E-state index in [1.54, 1.807) is 24.3 Å². The number of nitrogens with one attached hydrogen (secondary N) is 1. The fourth-order valence-electron chi connectivity index (χ4n) is 2.56. The Morgan fingerprint density at radius 3 is 2.86 bits per heavy atom. The molecule has 1 aromatic carbocycles. The lowest BCUT2D eigenvalue weighted by Crippen LogP contribution is -2.51. The van der Waals surface area contributed by atoms with E-state index in [0.717, 1.165) is 19.4 Å². The van der Waals surface area contributed by atoms with Gasteiger partial charge in [-0.2, -0.15) is 0 Å². The summed E-state index contributed by atoms with van der Waals surface area (Å²) >= 11 is 5.94. The molecule has 2 N–H and O–H groups in total. The number of anilines is 1. The van der Waals surface area contributed by atoms with Gasteiger partial charge in [0.1, 0.15) is 6.54 Å². The monoisotopic (exact) mass is 310 g/mol. The number of hydrogen-bond donors (Lipinski definition) is 2. The zero-order valence-electron chi connectivity index (χ0n) is 11.9. The maximum atomic E-state index is 12.6. The summed E-state index contributed by atoms with van der Waals surface area (Å²) in [5.41, 5.74) is 0.509. The van der Waals surface area contributed by atoms with E-state index in [1.807, 2.05) is 0 Å². The number of amides is 1. The number of carbonyl (C=O) groups excluding carboxylic acids is 1. The molecule has 2 rings (SSSR count). The second kappa shape index (κ2) is 6.91. The van der Waals surface area contributed by atoms with Crippen LogP contribution in [-0.4, -0.2) is 36.1 Å². The van der Waals surface area contributed by atoms with Gasteiger partial charge in [-0.3, -0.25) is 14.5 Å². The van der Waals surface area contributed by atoms with Crippen LogP contribution in [0, 0.1) is 5.92 Å². The molecule has 21 heavy (non-hydrogen) atoms. The molecular weight excluding hydrogens is 292 g/mol. The fraction of sp³-hybridized carbons (Fsp3) is 0.467. The number of carboxylic acid groups (broad SMARTS) is 1. The van der Waals surface area contributed by atoms with E-state index in [9.17, 15) is 9.59 Å². The molecule has 5 nitrogen and oxygen atoms in total. The van der Waals surface area contributed by atoms with Gasteiger partial charge in [0.25, 0.3) is 0 Å². The minimum absolute atomic E-state index is 0.216. The van der Waals surface area contributed by atoms with E-state index in [-0.39, 0.29) is 18.5 Å². The average Bonchev–Trinajstić information content (AvgIpc) is 2.44. The Balaban J connectivity index is 2.22. The van der Waals surface area contributed by atoms with Crippen LogP contribution in [-0.2, 0) is 9.59 Å². The van der Waals surface area contributed by atoms with Gasteiger partial charge in [0, 0.05) is 10.7 Å². The molecule has 1 aliphatic heterocycles. The van der Waals surface area contributed by atoms with Crippen LogP contribution >= 0.6 is 11.6 Å². The zero-order chi connectivity index (χ0) is 15.4. The lowest BCUT2D eigenvalue weighted by molar-refractivity contribution is -0.137. The summed E-state index contributed by atoms with van der Waals surface area (Å²) in [5.74, 6) is -0.815. The smallest absolute Gasteiger partial charge is 0.323 e. The summed E-state index contributed by atoms with van der Waals surface area (Å²) in [6, 6.07) is 6.35. The maximum Gasteiger partial charge on any atom is 0.323 e. The predicted molar refractivity (Wildman–Crippen MR) is 81.6 cm³/mol. The second-order valence-electron chi connectivity index (χ2n) is 5.43. The van der Waals surface area contributed by atoms with Gasteiger partial charge in [0.2, 0.25) is 5.91 Å². The molecule has 1 amide bonds.